The molecule has 1 aromatic carbocycles. The van der Waals surface area contributed by atoms with Crippen molar-refractivity contribution in [3.05, 3.63) is 29.8 Å². The van der Waals surface area contributed by atoms with Crippen LogP contribution in [0.5, 0.6) is 5.75 Å². The maximum atomic E-state index is 11.9. The van der Waals surface area contributed by atoms with Gasteiger partial charge in [-0.05, 0) is 26.6 Å². The molecule has 1 N–H and O–H groups in total. The van der Waals surface area contributed by atoms with Crippen molar-refractivity contribution in [1.82, 2.24) is 4.90 Å². The molecule has 20 heavy (non-hydrogen) atoms. The molecule has 4 nitrogen and oxygen atoms in total. The number of ketones is 1. The number of Topliss-reactive ketones (excluding diaryl/α,β-unsaturated/α-hetero) is 1. The molecule has 0 saturated heterocycles. The monoisotopic (exact) mass is 277 g/mol. The number of aliphatic hydroxyl groups is 1. The van der Waals surface area contributed by atoms with Gasteiger partial charge in [0.05, 0.1) is 7.11 Å². The predicted octanol–water partition coefficient (Wildman–Crippen LogP) is 1.81. The smallest absolute Gasteiger partial charge is 0.136 e. The summed E-state index contributed by atoms with van der Waals surface area (Å²) in [6, 6.07) is 7.44. The Bertz CT molecular complexity index is 486. The minimum atomic E-state index is -1.13. The maximum absolute atomic E-state index is 11.9. The zero-order valence-corrected chi connectivity index (χ0v) is 12.4. The number of hydrogen-bond donors (Lipinski definition) is 1. The van der Waals surface area contributed by atoms with Gasteiger partial charge in [-0.15, -0.1) is 0 Å². The van der Waals surface area contributed by atoms with Crippen molar-refractivity contribution in [2.45, 2.75) is 24.9 Å². The Labute approximate surface area is 120 Å². The zero-order valence-electron chi connectivity index (χ0n) is 12.4. The zero-order chi connectivity index (χ0) is 14.8. The molecule has 1 saturated carbocycles. The lowest BCUT2D eigenvalue weighted by atomic mass is 9.70. The fourth-order valence-corrected chi connectivity index (χ4v) is 3.11. The normalized spacial score (nSPS) is 26.9. The van der Waals surface area contributed by atoms with Crippen LogP contribution in [0.2, 0.25) is 0 Å². The van der Waals surface area contributed by atoms with E-state index in [-0.39, 0.29) is 18.1 Å². The Balaban J connectivity index is 2.42. The van der Waals surface area contributed by atoms with Gasteiger partial charge in [0.2, 0.25) is 0 Å². The molecule has 1 aliphatic carbocycles. The number of nitrogens with zero attached hydrogens (tertiary/aromatic N) is 1. The van der Waals surface area contributed by atoms with Gasteiger partial charge in [-0.25, -0.2) is 0 Å². The molecule has 2 atom stereocenters. The van der Waals surface area contributed by atoms with Crippen LogP contribution in [0, 0.1) is 5.92 Å². The van der Waals surface area contributed by atoms with E-state index >= 15 is 0 Å². The molecule has 1 aromatic rings. The van der Waals surface area contributed by atoms with E-state index in [1.807, 2.05) is 38.4 Å². The maximum Gasteiger partial charge on any atom is 0.136 e. The summed E-state index contributed by atoms with van der Waals surface area (Å²) in [5.74, 6) is 0.799. The van der Waals surface area contributed by atoms with E-state index in [1.54, 1.807) is 7.11 Å². The van der Waals surface area contributed by atoms with Gasteiger partial charge >= 0.3 is 0 Å². The highest BCUT2D eigenvalue weighted by molar-refractivity contribution is 5.81. The molecule has 2 rings (SSSR count). The minimum absolute atomic E-state index is 0.0338. The largest absolute Gasteiger partial charge is 0.496 e. The summed E-state index contributed by atoms with van der Waals surface area (Å²) in [7, 11) is 5.56. The van der Waals surface area contributed by atoms with Gasteiger partial charge in [0.25, 0.3) is 0 Å². The lowest BCUT2D eigenvalue weighted by Crippen LogP contribution is -2.45. The van der Waals surface area contributed by atoms with Gasteiger partial charge < -0.3 is 14.7 Å². The molecule has 1 aliphatic rings. The quantitative estimate of drug-likeness (QED) is 0.912. The van der Waals surface area contributed by atoms with E-state index in [0.717, 1.165) is 12.1 Å². The average Bonchev–Trinajstić information content (AvgIpc) is 2.41. The first-order chi connectivity index (χ1) is 9.47. The SMILES string of the molecule is COc1ccccc1[C@]1(O)CC(=O)CC[C@H]1CN(C)C. The van der Waals surface area contributed by atoms with E-state index < -0.39 is 5.60 Å². The van der Waals surface area contributed by atoms with Crippen molar-refractivity contribution in [3.8, 4) is 5.75 Å². The topological polar surface area (TPSA) is 49.8 Å². The number of methoxy groups -OCH3 is 1. The van der Waals surface area contributed by atoms with E-state index in [0.29, 0.717) is 18.6 Å². The Morgan fingerprint density at radius 3 is 2.75 bits per heavy atom. The van der Waals surface area contributed by atoms with E-state index in [1.165, 1.54) is 0 Å². The average molecular weight is 277 g/mol. The molecule has 0 unspecified atom stereocenters. The number of benzene rings is 1. The standard InChI is InChI=1S/C16H23NO3/c1-17(2)11-12-8-9-13(18)10-16(12,19)14-6-4-5-7-15(14)20-3/h4-7,12,19H,8-11H2,1-3H3/t12-,16-/m0/s1. The van der Waals surface area contributed by atoms with Crippen molar-refractivity contribution >= 4 is 5.78 Å². The number of para-hydroxylation sites is 1. The molecule has 0 heterocycles. The third-order valence-corrected chi connectivity index (χ3v) is 4.07. The van der Waals surface area contributed by atoms with Crippen LogP contribution in [0.25, 0.3) is 0 Å². The lowest BCUT2D eigenvalue weighted by Gasteiger charge is -2.41. The second-order valence-corrected chi connectivity index (χ2v) is 5.84. The summed E-state index contributed by atoms with van der Waals surface area (Å²) in [6.45, 7) is 0.752. The molecule has 0 bridgehead atoms. The fraction of sp³-hybridized carbons (Fsp3) is 0.562. The fourth-order valence-electron chi connectivity index (χ4n) is 3.11. The van der Waals surface area contributed by atoms with Gasteiger partial charge in [-0.1, -0.05) is 18.2 Å². The third-order valence-electron chi connectivity index (χ3n) is 4.07. The molecule has 0 amide bonds. The summed E-state index contributed by atoms with van der Waals surface area (Å²) in [5.41, 5.74) is -0.408. The third kappa shape index (κ3) is 2.86. The van der Waals surface area contributed by atoms with E-state index in [4.69, 9.17) is 4.74 Å². The van der Waals surface area contributed by atoms with Crippen LogP contribution in [-0.4, -0.2) is 43.5 Å². The lowest BCUT2D eigenvalue weighted by molar-refractivity contribution is -0.135. The predicted molar refractivity (Wildman–Crippen MR) is 77.8 cm³/mol. The molecule has 0 aliphatic heterocycles. The van der Waals surface area contributed by atoms with Crippen LogP contribution in [-0.2, 0) is 10.4 Å². The number of rotatable bonds is 4. The van der Waals surface area contributed by atoms with E-state index in [9.17, 15) is 9.90 Å². The van der Waals surface area contributed by atoms with Crippen molar-refractivity contribution in [2.24, 2.45) is 5.92 Å². The van der Waals surface area contributed by atoms with Crippen LogP contribution in [0.4, 0.5) is 0 Å². The summed E-state index contributed by atoms with van der Waals surface area (Å²) in [6.07, 6.45) is 1.44. The highest BCUT2D eigenvalue weighted by Crippen LogP contribution is 2.44. The molecule has 0 radical (unpaired) electrons. The molecule has 0 aromatic heterocycles. The van der Waals surface area contributed by atoms with Crippen molar-refractivity contribution in [1.29, 1.82) is 0 Å². The van der Waals surface area contributed by atoms with Gasteiger partial charge in [-0.2, -0.15) is 0 Å². The number of hydrogen-bond acceptors (Lipinski definition) is 4. The molecular formula is C16H23NO3. The van der Waals surface area contributed by atoms with Gasteiger partial charge in [0.15, 0.2) is 0 Å². The number of ether oxygens (including phenoxy) is 1. The summed E-state index contributed by atoms with van der Waals surface area (Å²) in [5, 5.41) is 11.2. The highest BCUT2D eigenvalue weighted by atomic mass is 16.5. The van der Waals surface area contributed by atoms with E-state index in [2.05, 4.69) is 4.90 Å². The second-order valence-electron chi connectivity index (χ2n) is 5.84. The first kappa shape index (κ1) is 15.0. The van der Waals surface area contributed by atoms with Crippen molar-refractivity contribution < 1.29 is 14.6 Å². The Morgan fingerprint density at radius 1 is 1.40 bits per heavy atom. The summed E-state index contributed by atoms with van der Waals surface area (Å²) >= 11 is 0. The highest BCUT2D eigenvalue weighted by Gasteiger charge is 2.45. The summed E-state index contributed by atoms with van der Waals surface area (Å²) in [4.78, 5) is 13.9. The second kappa shape index (κ2) is 5.94. The minimum Gasteiger partial charge on any atom is -0.496 e. The Hall–Kier alpha value is -1.39. The van der Waals surface area contributed by atoms with Crippen molar-refractivity contribution in [3.63, 3.8) is 0 Å². The van der Waals surface area contributed by atoms with Gasteiger partial charge in [0.1, 0.15) is 17.1 Å². The van der Waals surface area contributed by atoms with Crippen LogP contribution in [0.3, 0.4) is 0 Å². The van der Waals surface area contributed by atoms with Crippen LogP contribution in [0.15, 0.2) is 24.3 Å². The van der Waals surface area contributed by atoms with Crippen molar-refractivity contribution in [2.75, 3.05) is 27.7 Å². The van der Waals surface area contributed by atoms with Gasteiger partial charge in [0, 0.05) is 30.9 Å². The summed E-state index contributed by atoms with van der Waals surface area (Å²) < 4.78 is 5.37. The van der Waals surface area contributed by atoms with Crippen LogP contribution < -0.4 is 4.74 Å². The molecule has 0 spiro atoms. The Morgan fingerprint density at radius 2 is 2.10 bits per heavy atom. The number of carbonyl (C=O) groups excluding carboxylic acids is 1. The first-order valence-corrected chi connectivity index (χ1v) is 6.99. The first-order valence-electron chi connectivity index (χ1n) is 6.99. The Kier molecular flexibility index (Phi) is 4.45. The molecule has 1 fully saturated rings. The molecule has 110 valence electrons. The van der Waals surface area contributed by atoms with Crippen LogP contribution in [0.1, 0.15) is 24.8 Å². The molecule has 4 heteroatoms. The number of carbonyl (C=O) groups is 1. The van der Waals surface area contributed by atoms with Crippen LogP contribution >= 0.6 is 0 Å². The molecular weight excluding hydrogens is 254 g/mol. The van der Waals surface area contributed by atoms with Gasteiger partial charge in [-0.3, -0.25) is 4.79 Å².